The standard InChI is InChI=1S/C14H18FN3O2/c1-9-7-12(14(18(19)20)8-10(9)15)16-11-4-6-17-5-2-3-13(11)17/h7-8,11,13,16H,2-6H2,1H3. The van der Waals surface area contributed by atoms with Gasteiger partial charge in [-0.2, -0.15) is 0 Å². The van der Waals surface area contributed by atoms with Gasteiger partial charge in [-0.25, -0.2) is 4.39 Å². The Kier molecular flexibility index (Phi) is 3.33. The molecule has 2 unspecified atom stereocenters. The summed E-state index contributed by atoms with van der Waals surface area (Å²) in [5.41, 5.74) is 0.691. The molecule has 20 heavy (non-hydrogen) atoms. The van der Waals surface area contributed by atoms with Gasteiger partial charge in [0.05, 0.1) is 11.0 Å². The zero-order valence-electron chi connectivity index (χ0n) is 11.4. The van der Waals surface area contributed by atoms with Gasteiger partial charge >= 0.3 is 0 Å². The van der Waals surface area contributed by atoms with Gasteiger partial charge in [-0.3, -0.25) is 15.0 Å². The minimum atomic E-state index is -0.531. The average molecular weight is 279 g/mol. The first-order chi connectivity index (χ1) is 9.56. The highest BCUT2D eigenvalue weighted by molar-refractivity contribution is 5.63. The van der Waals surface area contributed by atoms with Crippen molar-refractivity contribution >= 4 is 11.4 Å². The highest BCUT2D eigenvalue weighted by Crippen LogP contribution is 2.34. The molecule has 2 heterocycles. The smallest absolute Gasteiger partial charge is 0.295 e. The van der Waals surface area contributed by atoms with E-state index in [1.165, 1.54) is 6.42 Å². The summed E-state index contributed by atoms with van der Waals surface area (Å²) in [4.78, 5) is 13.0. The quantitative estimate of drug-likeness (QED) is 0.682. The van der Waals surface area contributed by atoms with Crippen LogP contribution < -0.4 is 5.32 Å². The third-order valence-electron chi connectivity index (χ3n) is 4.42. The number of hydrogen-bond acceptors (Lipinski definition) is 4. The zero-order valence-corrected chi connectivity index (χ0v) is 11.4. The van der Waals surface area contributed by atoms with E-state index in [0.29, 0.717) is 17.3 Å². The fraction of sp³-hybridized carbons (Fsp3) is 0.571. The number of fused-ring (bicyclic) bond motifs is 1. The largest absolute Gasteiger partial charge is 0.375 e. The number of anilines is 1. The Hall–Kier alpha value is -1.69. The summed E-state index contributed by atoms with van der Waals surface area (Å²) in [6.07, 6.45) is 3.30. The lowest BCUT2D eigenvalue weighted by Gasteiger charge is -2.22. The van der Waals surface area contributed by atoms with Crippen molar-refractivity contribution < 1.29 is 9.31 Å². The molecule has 2 aliphatic heterocycles. The first-order valence-electron chi connectivity index (χ1n) is 7.01. The number of nitro groups is 1. The van der Waals surface area contributed by atoms with Crippen molar-refractivity contribution in [3.8, 4) is 0 Å². The zero-order chi connectivity index (χ0) is 14.3. The number of hydrogen-bond donors (Lipinski definition) is 1. The van der Waals surface area contributed by atoms with Gasteiger partial charge < -0.3 is 5.32 Å². The van der Waals surface area contributed by atoms with Crippen LogP contribution in [0.5, 0.6) is 0 Å². The van der Waals surface area contributed by atoms with E-state index in [-0.39, 0.29) is 11.7 Å². The molecule has 1 aromatic rings. The fourth-order valence-electron chi connectivity index (χ4n) is 3.39. The van der Waals surface area contributed by atoms with Crippen molar-refractivity contribution in [2.75, 3.05) is 18.4 Å². The Labute approximate surface area is 116 Å². The van der Waals surface area contributed by atoms with Gasteiger partial charge in [0.2, 0.25) is 0 Å². The Morgan fingerprint density at radius 2 is 2.20 bits per heavy atom. The molecule has 0 aliphatic carbocycles. The molecular weight excluding hydrogens is 261 g/mol. The first kappa shape index (κ1) is 13.3. The van der Waals surface area contributed by atoms with Crippen LogP contribution >= 0.6 is 0 Å². The van der Waals surface area contributed by atoms with Crippen molar-refractivity contribution in [2.24, 2.45) is 0 Å². The Balaban J connectivity index is 1.86. The second kappa shape index (κ2) is 5.01. The van der Waals surface area contributed by atoms with Crippen LogP contribution in [0.25, 0.3) is 0 Å². The average Bonchev–Trinajstić information content (AvgIpc) is 2.98. The predicted molar refractivity (Wildman–Crippen MR) is 74.4 cm³/mol. The van der Waals surface area contributed by atoms with Crippen LogP contribution in [-0.4, -0.2) is 35.0 Å². The summed E-state index contributed by atoms with van der Waals surface area (Å²) in [5.74, 6) is -0.531. The fourth-order valence-corrected chi connectivity index (χ4v) is 3.39. The van der Waals surface area contributed by atoms with Crippen LogP contribution in [0.1, 0.15) is 24.8 Å². The lowest BCUT2D eigenvalue weighted by Crippen LogP contribution is -2.33. The molecule has 108 valence electrons. The number of nitro benzene ring substituents is 1. The molecule has 0 amide bonds. The maximum atomic E-state index is 13.5. The number of aryl methyl sites for hydroxylation is 1. The topological polar surface area (TPSA) is 58.4 Å². The number of rotatable bonds is 3. The van der Waals surface area contributed by atoms with Crippen molar-refractivity contribution in [3.63, 3.8) is 0 Å². The number of benzene rings is 1. The summed E-state index contributed by atoms with van der Waals surface area (Å²) < 4.78 is 13.5. The van der Waals surface area contributed by atoms with E-state index in [0.717, 1.165) is 32.0 Å². The maximum absolute atomic E-state index is 13.5. The van der Waals surface area contributed by atoms with E-state index in [1.54, 1.807) is 13.0 Å². The molecular formula is C14H18FN3O2. The van der Waals surface area contributed by atoms with Gasteiger partial charge in [0, 0.05) is 18.6 Å². The van der Waals surface area contributed by atoms with Gasteiger partial charge in [-0.1, -0.05) is 0 Å². The minimum absolute atomic E-state index is 0.176. The number of halogens is 1. The molecule has 0 spiro atoms. The molecule has 0 bridgehead atoms. The molecule has 2 saturated heterocycles. The van der Waals surface area contributed by atoms with E-state index in [1.807, 2.05) is 0 Å². The molecule has 0 radical (unpaired) electrons. The van der Waals surface area contributed by atoms with Crippen LogP contribution in [0, 0.1) is 22.9 Å². The van der Waals surface area contributed by atoms with Crippen molar-refractivity contribution in [1.29, 1.82) is 0 Å². The summed E-state index contributed by atoms with van der Waals surface area (Å²) in [5, 5.41) is 14.4. The number of nitrogens with one attached hydrogen (secondary N) is 1. The SMILES string of the molecule is Cc1cc(NC2CCN3CCCC23)c([N+](=O)[O-])cc1F. The van der Waals surface area contributed by atoms with E-state index in [2.05, 4.69) is 10.2 Å². The van der Waals surface area contributed by atoms with Crippen molar-refractivity contribution in [1.82, 2.24) is 4.90 Å². The van der Waals surface area contributed by atoms with Crippen LogP contribution in [0.15, 0.2) is 12.1 Å². The summed E-state index contributed by atoms with van der Waals surface area (Å²) in [6, 6.07) is 3.24. The van der Waals surface area contributed by atoms with Gasteiger partial charge in [0.1, 0.15) is 11.5 Å². The lowest BCUT2D eigenvalue weighted by atomic mass is 10.1. The third kappa shape index (κ3) is 2.24. The normalized spacial score (nSPS) is 25.7. The molecule has 6 heteroatoms. The van der Waals surface area contributed by atoms with E-state index in [4.69, 9.17) is 0 Å². The van der Waals surface area contributed by atoms with Crippen LogP contribution in [0.3, 0.4) is 0 Å². The molecule has 0 aromatic heterocycles. The third-order valence-corrected chi connectivity index (χ3v) is 4.42. The van der Waals surface area contributed by atoms with Gasteiger partial charge in [-0.15, -0.1) is 0 Å². The molecule has 2 aliphatic rings. The molecule has 2 atom stereocenters. The highest BCUT2D eigenvalue weighted by atomic mass is 19.1. The Morgan fingerprint density at radius 1 is 1.40 bits per heavy atom. The Bertz CT molecular complexity index is 549. The van der Waals surface area contributed by atoms with Crippen LogP contribution in [0.2, 0.25) is 0 Å². The monoisotopic (exact) mass is 279 g/mol. The maximum Gasteiger partial charge on any atom is 0.295 e. The molecule has 1 aromatic carbocycles. The van der Waals surface area contributed by atoms with Gasteiger partial charge in [-0.05, 0) is 44.4 Å². The molecule has 1 N–H and O–H groups in total. The second-order valence-electron chi connectivity index (χ2n) is 5.66. The first-order valence-corrected chi connectivity index (χ1v) is 7.01. The summed E-state index contributed by atoms with van der Waals surface area (Å²) in [7, 11) is 0. The number of nitrogens with zero attached hydrogens (tertiary/aromatic N) is 2. The van der Waals surface area contributed by atoms with E-state index < -0.39 is 10.7 Å². The second-order valence-corrected chi connectivity index (χ2v) is 5.66. The Morgan fingerprint density at radius 3 is 2.95 bits per heavy atom. The van der Waals surface area contributed by atoms with Crippen molar-refractivity contribution in [2.45, 2.75) is 38.3 Å². The van der Waals surface area contributed by atoms with Crippen LogP contribution in [0.4, 0.5) is 15.8 Å². The van der Waals surface area contributed by atoms with E-state index in [9.17, 15) is 14.5 Å². The molecule has 2 fully saturated rings. The molecule has 0 saturated carbocycles. The van der Waals surface area contributed by atoms with Gasteiger partial charge in [0.15, 0.2) is 0 Å². The van der Waals surface area contributed by atoms with Crippen LogP contribution in [-0.2, 0) is 0 Å². The lowest BCUT2D eigenvalue weighted by molar-refractivity contribution is -0.384. The van der Waals surface area contributed by atoms with Gasteiger partial charge in [0.25, 0.3) is 5.69 Å². The highest BCUT2D eigenvalue weighted by Gasteiger charge is 2.37. The molecule has 5 nitrogen and oxygen atoms in total. The molecule has 3 rings (SSSR count). The van der Waals surface area contributed by atoms with Crippen molar-refractivity contribution in [3.05, 3.63) is 33.6 Å². The summed E-state index contributed by atoms with van der Waals surface area (Å²) >= 11 is 0. The summed E-state index contributed by atoms with van der Waals surface area (Å²) in [6.45, 7) is 3.78. The minimum Gasteiger partial charge on any atom is -0.375 e. The predicted octanol–water partition coefficient (Wildman–Crippen LogP) is 2.69. The van der Waals surface area contributed by atoms with E-state index >= 15 is 0 Å².